The molecule has 1 aliphatic heterocycles. The molecule has 7 heteroatoms. The summed E-state index contributed by atoms with van der Waals surface area (Å²) in [5.41, 5.74) is -0.0883. The van der Waals surface area contributed by atoms with Gasteiger partial charge in [-0.05, 0) is 45.2 Å². The molecule has 3 rings (SSSR count). The lowest BCUT2D eigenvalue weighted by Gasteiger charge is -2.36. The van der Waals surface area contributed by atoms with Crippen LogP contribution in [-0.4, -0.2) is 53.6 Å². The van der Waals surface area contributed by atoms with Crippen molar-refractivity contribution in [2.24, 2.45) is 0 Å². The summed E-state index contributed by atoms with van der Waals surface area (Å²) >= 11 is 0. The number of ether oxygens (including phenoxy) is 1. The molecule has 0 radical (unpaired) electrons. The number of carbonyl (C=O) groups excluding carboxylic acids is 1. The van der Waals surface area contributed by atoms with Crippen LogP contribution in [0.3, 0.4) is 0 Å². The minimum Gasteiger partial charge on any atom is -0.388 e. The number of urea groups is 1. The summed E-state index contributed by atoms with van der Waals surface area (Å²) in [7, 11) is 0. The van der Waals surface area contributed by atoms with Crippen LogP contribution < -0.4 is 15.5 Å². The quantitative estimate of drug-likeness (QED) is 0.781. The fraction of sp³-hybridized carbons (Fsp3) is 0.647. The van der Waals surface area contributed by atoms with Gasteiger partial charge in [-0.3, -0.25) is 0 Å². The molecule has 1 saturated carbocycles. The third-order valence-corrected chi connectivity index (χ3v) is 4.61. The Hall–Kier alpha value is -1.86. The average Bonchev–Trinajstić information content (AvgIpc) is 2.51. The van der Waals surface area contributed by atoms with Gasteiger partial charge in [-0.1, -0.05) is 0 Å². The summed E-state index contributed by atoms with van der Waals surface area (Å²) in [5, 5.41) is 15.4. The molecule has 1 aromatic rings. The number of aliphatic hydroxyl groups is 1. The number of anilines is 2. The lowest BCUT2D eigenvalue weighted by Crippen LogP contribution is -2.48. The first-order chi connectivity index (χ1) is 11.4. The molecule has 24 heavy (non-hydrogen) atoms. The van der Waals surface area contributed by atoms with Crippen molar-refractivity contribution in [2.45, 2.75) is 50.9 Å². The SMILES string of the molecule is CC1CN(c2ccc(NC(=O)NCC3(O)CCC3)cn2)CC(C)O1. The van der Waals surface area contributed by atoms with Crippen LogP contribution >= 0.6 is 0 Å². The van der Waals surface area contributed by atoms with E-state index in [1.807, 2.05) is 12.1 Å². The Labute approximate surface area is 142 Å². The summed E-state index contributed by atoms with van der Waals surface area (Å²) in [6, 6.07) is 3.42. The average molecular weight is 334 g/mol. The molecule has 1 saturated heterocycles. The van der Waals surface area contributed by atoms with Crippen LogP contribution in [-0.2, 0) is 4.74 Å². The van der Waals surface area contributed by atoms with Crippen LogP contribution in [0.2, 0.25) is 0 Å². The van der Waals surface area contributed by atoms with Crippen LogP contribution in [0.4, 0.5) is 16.3 Å². The van der Waals surface area contributed by atoms with Crippen molar-refractivity contribution in [2.75, 3.05) is 29.9 Å². The number of pyridine rings is 1. The van der Waals surface area contributed by atoms with Crippen LogP contribution in [0.5, 0.6) is 0 Å². The van der Waals surface area contributed by atoms with E-state index in [4.69, 9.17) is 4.74 Å². The van der Waals surface area contributed by atoms with E-state index in [9.17, 15) is 9.90 Å². The summed E-state index contributed by atoms with van der Waals surface area (Å²) in [4.78, 5) is 18.5. The fourth-order valence-corrected chi connectivity index (χ4v) is 3.19. The van der Waals surface area contributed by atoms with E-state index < -0.39 is 5.60 Å². The molecular formula is C17H26N4O3. The molecule has 3 N–H and O–H groups in total. The molecule has 2 fully saturated rings. The summed E-state index contributed by atoms with van der Waals surface area (Å²) < 4.78 is 5.73. The maximum absolute atomic E-state index is 11.9. The van der Waals surface area contributed by atoms with Gasteiger partial charge in [0.05, 0.1) is 29.7 Å². The number of nitrogens with zero attached hydrogens (tertiary/aromatic N) is 2. The zero-order valence-electron chi connectivity index (χ0n) is 14.3. The highest BCUT2D eigenvalue weighted by molar-refractivity contribution is 5.89. The Morgan fingerprint density at radius 2 is 2.08 bits per heavy atom. The van der Waals surface area contributed by atoms with Crippen LogP contribution in [0, 0.1) is 0 Å². The smallest absolute Gasteiger partial charge is 0.319 e. The first-order valence-corrected chi connectivity index (χ1v) is 8.57. The topological polar surface area (TPSA) is 86.7 Å². The monoisotopic (exact) mass is 334 g/mol. The van der Waals surface area contributed by atoms with E-state index in [0.29, 0.717) is 5.69 Å². The highest BCUT2D eigenvalue weighted by Crippen LogP contribution is 2.30. The second-order valence-corrected chi connectivity index (χ2v) is 6.95. The number of hydrogen-bond acceptors (Lipinski definition) is 5. The van der Waals surface area contributed by atoms with Crippen LogP contribution in [0.1, 0.15) is 33.1 Å². The predicted octanol–water partition coefficient (Wildman–Crippen LogP) is 1.73. The molecule has 0 bridgehead atoms. The van der Waals surface area contributed by atoms with E-state index >= 15 is 0 Å². The summed E-state index contributed by atoms with van der Waals surface area (Å²) in [6.07, 6.45) is 4.52. The van der Waals surface area contributed by atoms with Crippen molar-refractivity contribution >= 4 is 17.5 Å². The highest BCUT2D eigenvalue weighted by Gasteiger charge is 2.34. The standard InChI is InChI=1S/C17H26N4O3/c1-12-9-21(10-13(2)24-12)15-5-4-14(8-18-15)20-16(22)19-11-17(23)6-3-7-17/h4-5,8,12-13,23H,3,6-7,9-11H2,1-2H3,(H2,19,20,22). The minimum absolute atomic E-state index is 0.177. The second-order valence-electron chi connectivity index (χ2n) is 6.95. The van der Waals surface area contributed by atoms with Gasteiger partial charge in [-0.15, -0.1) is 0 Å². The Morgan fingerprint density at radius 3 is 2.62 bits per heavy atom. The highest BCUT2D eigenvalue weighted by atomic mass is 16.5. The van der Waals surface area contributed by atoms with Crippen molar-refractivity contribution in [3.63, 3.8) is 0 Å². The largest absolute Gasteiger partial charge is 0.388 e. The van der Waals surface area contributed by atoms with Gasteiger partial charge in [-0.25, -0.2) is 9.78 Å². The van der Waals surface area contributed by atoms with E-state index in [0.717, 1.165) is 38.2 Å². The zero-order chi connectivity index (χ0) is 17.2. The lowest BCUT2D eigenvalue weighted by molar-refractivity contribution is -0.0287. The Bertz CT molecular complexity index is 564. The van der Waals surface area contributed by atoms with Gasteiger partial charge in [0.2, 0.25) is 0 Å². The van der Waals surface area contributed by atoms with Gasteiger partial charge < -0.3 is 25.4 Å². The number of carbonyl (C=O) groups is 1. The van der Waals surface area contributed by atoms with Crippen molar-refractivity contribution in [3.05, 3.63) is 18.3 Å². The second kappa shape index (κ2) is 6.94. The van der Waals surface area contributed by atoms with Gasteiger partial charge in [0.15, 0.2) is 0 Å². The molecule has 0 spiro atoms. The maximum atomic E-state index is 11.9. The Morgan fingerprint density at radius 1 is 1.38 bits per heavy atom. The first kappa shape index (κ1) is 17.0. The van der Waals surface area contributed by atoms with Crippen molar-refractivity contribution < 1.29 is 14.6 Å². The van der Waals surface area contributed by atoms with Crippen molar-refractivity contribution in [1.29, 1.82) is 0 Å². The van der Waals surface area contributed by atoms with Crippen LogP contribution in [0.15, 0.2) is 18.3 Å². The van der Waals surface area contributed by atoms with Crippen molar-refractivity contribution in [3.8, 4) is 0 Å². The molecule has 2 amide bonds. The number of amides is 2. The van der Waals surface area contributed by atoms with Gasteiger partial charge >= 0.3 is 6.03 Å². The van der Waals surface area contributed by atoms with Gasteiger partial charge in [0.25, 0.3) is 0 Å². The first-order valence-electron chi connectivity index (χ1n) is 8.57. The van der Waals surface area contributed by atoms with Crippen LogP contribution in [0.25, 0.3) is 0 Å². The van der Waals surface area contributed by atoms with Gasteiger partial charge in [0, 0.05) is 19.6 Å². The number of rotatable bonds is 4. The number of hydrogen-bond donors (Lipinski definition) is 3. The molecular weight excluding hydrogens is 308 g/mol. The van der Waals surface area contributed by atoms with Crippen molar-refractivity contribution in [1.82, 2.24) is 10.3 Å². The van der Waals surface area contributed by atoms with E-state index in [1.165, 1.54) is 0 Å². The Kier molecular flexibility index (Phi) is 4.91. The minimum atomic E-state index is -0.719. The van der Waals surface area contributed by atoms with E-state index in [2.05, 4.69) is 34.4 Å². The molecule has 132 valence electrons. The number of nitrogens with one attached hydrogen (secondary N) is 2. The third kappa shape index (κ3) is 4.15. The molecule has 2 unspecified atom stereocenters. The summed E-state index contributed by atoms with van der Waals surface area (Å²) in [6.45, 7) is 6.01. The number of morpholine rings is 1. The van der Waals surface area contributed by atoms with Gasteiger partial charge in [0.1, 0.15) is 5.82 Å². The molecule has 2 atom stereocenters. The maximum Gasteiger partial charge on any atom is 0.319 e. The lowest BCUT2D eigenvalue weighted by atomic mass is 9.80. The third-order valence-electron chi connectivity index (χ3n) is 4.61. The van der Waals surface area contributed by atoms with E-state index in [-0.39, 0.29) is 24.8 Å². The molecule has 1 aromatic heterocycles. The molecule has 2 aliphatic rings. The predicted molar refractivity (Wildman–Crippen MR) is 92.3 cm³/mol. The Balaban J connectivity index is 1.51. The zero-order valence-corrected chi connectivity index (χ0v) is 14.3. The fourth-order valence-electron chi connectivity index (χ4n) is 3.19. The van der Waals surface area contributed by atoms with E-state index in [1.54, 1.807) is 6.20 Å². The normalized spacial score (nSPS) is 25.7. The van der Waals surface area contributed by atoms with Gasteiger partial charge in [-0.2, -0.15) is 0 Å². The molecule has 1 aliphatic carbocycles. The number of aromatic nitrogens is 1. The molecule has 7 nitrogen and oxygen atoms in total. The molecule has 0 aromatic carbocycles. The molecule has 2 heterocycles. The summed E-state index contributed by atoms with van der Waals surface area (Å²) in [5.74, 6) is 0.881.